The van der Waals surface area contributed by atoms with Crippen molar-refractivity contribution < 1.29 is 19.0 Å². The molecule has 0 atom stereocenters. The zero-order valence-electron chi connectivity index (χ0n) is 16.4. The molecule has 0 radical (unpaired) electrons. The molecule has 0 bridgehead atoms. The smallest absolute Gasteiger partial charge is 0.344 e. The molecule has 1 heterocycles. The summed E-state index contributed by atoms with van der Waals surface area (Å²) in [5.41, 5.74) is 5.43. The highest BCUT2D eigenvalue weighted by molar-refractivity contribution is 7.14. The first-order chi connectivity index (χ1) is 14.6. The zero-order chi connectivity index (χ0) is 21.3. The molecule has 0 fully saturated rings. The number of carbonyl (C=O) groups excluding carboxylic acids is 1. The molecule has 0 spiro atoms. The fourth-order valence-electron chi connectivity index (χ4n) is 2.49. The largest absolute Gasteiger partial charge is 0.493 e. The van der Waals surface area contributed by atoms with Gasteiger partial charge in [-0.2, -0.15) is 5.10 Å². The van der Waals surface area contributed by atoms with Crippen molar-refractivity contribution in [3.63, 3.8) is 0 Å². The standard InChI is InChI=1S/C21H20ClN3O4S/c1-3-28-20(26)12-29-19-10-16(22)15(9-18(19)27-2)11-23-25-21-24-17(13-30-21)14-7-5-4-6-8-14/h4-11,13H,3,12H2,1-2H3,(H,24,25). The van der Waals surface area contributed by atoms with Gasteiger partial charge >= 0.3 is 5.97 Å². The molecule has 3 aromatic rings. The number of methoxy groups -OCH3 is 1. The molecule has 7 nitrogen and oxygen atoms in total. The van der Waals surface area contributed by atoms with Crippen molar-refractivity contribution in [1.29, 1.82) is 0 Å². The van der Waals surface area contributed by atoms with Crippen molar-refractivity contribution in [2.75, 3.05) is 25.7 Å². The molecular formula is C21H20ClN3O4S. The number of hydrogen-bond acceptors (Lipinski definition) is 8. The number of benzene rings is 2. The number of hydrogen-bond donors (Lipinski definition) is 1. The summed E-state index contributed by atoms with van der Waals surface area (Å²) in [6, 6.07) is 13.1. The Morgan fingerprint density at radius 2 is 2.07 bits per heavy atom. The molecule has 156 valence electrons. The van der Waals surface area contributed by atoms with Crippen LogP contribution in [0.15, 0.2) is 52.9 Å². The predicted octanol–water partition coefficient (Wildman–Crippen LogP) is 4.86. The minimum Gasteiger partial charge on any atom is -0.493 e. The Balaban J connectivity index is 1.67. The van der Waals surface area contributed by atoms with E-state index in [-0.39, 0.29) is 13.2 Å². The summed E-state index contributed by atoms with van der Waals surface area (Å²) in [6.07, 6.45) is 1.56. The van der Waals surface area contributed by atoms with Crippen LogP contribution in [-0.2, 0) is 9.53 Å². The quantitative estimate of drug-likeness (QED) is 0.288. The Labute approximate surface area is 183 Å². The van der Waals surface area contributed by atoms with E-state index in [0.717, 1.165) is 11.3 Å². The molecule has 1 aromatic heterocycles. The molecule has 0 amide bonds. The van der Waals surface area contributed by atoms with Crippen LogP contribution in [0.25, 0.3) is 11.3 Å². The molecule has 0 saturated carbocycles. The normalized spacial score (nSPS) is 10.8. The van der Waals surface area contributed by atoms with Gasteiger partial charge in [0.2, 0.25) is 5.13 Å². The first-order valence-corrected chi connectivity index (χ1v) is 10.3. The van der Waals surface area contributed by atoms with E-state index in [1.54, 1.807) is 25.3 Å². The molecule has 3 rings (SSSR count). The van der Waals surface area contributed by atoms with E-state index in [2.05, 4.69) is 15.5 Å². The highest BCUT2D eigenvalue weighted by Gasteiger charge is 2.12. The maximum Gasteiger partial charge on any atom is 0.344 e. The molecule has 0 unspecified atom stereocenters. The summed E-state index contributed by atoms with van der Waals surface area (Å²) >= 11 is 7.77. The van der Waals surface area contributed by atoms with Crippen LogP contribution in [0.1, 0.15) is 12.5 Å². The number of carbonyl (C=O) groups is 1. The van der Waals surface area contributed by atoms with Crippen molar-refractivity contribution in [3.05, 3.63) is 58.4 Å². The number of esters is 1. The molecule has 30 heavy (non-hydrogen) atoms. The highest BCUT2D eigenvalue weighted by atomic mass is 35.5. The maximum absolute atomic E-state index is 11.5. The van der Waals surface area contributed by atoms with Gasteiger partial charge in [0.05, 0.1) is 30.6 Å². The lowest BCUT2D eigenvalue weighted by Gasteiger charge is -2.12. The third-order valence-corrected chi connectivity index (χ3v) is 4.95. The molecule has 0 aliphatic carbocycles. The van der Waals surface area contributed by atoms with E-state index in [0.29, 0.717) is 27.2 Å². The molecule has 0 saturated heterocycles. The number of anilines is 1. The minimum absolute atomic E-state index is 0.233. The fraction of sp³-hybridized carbons (Fsp3) is 0.190. The molecule has 1 N–H and O–H groups in total. The van der Waals surface area contributed by atoms with Gasteiger partial charge in [0.15, 0.2) is 18.1 Å². The van der Waals surface area contributed by atoms with E-state index >= 15 is 0 Å². The van der Waals surface area contributed by atoms with E-state index in [1.807, 2.05) is 35.7 Å². The van der Waals surface area contributed by atoms with E-state index in [4.69, 9.17) is 25.8 Å². The third-order valence-electron chi connectivity index (χ3n) is 3.87. The SMILES string of the molecule is CCOC(=O)COc1cc(Cl)c(C=NNc2nc(-c3ccccc3)cs2)cc1OC. The summed E-state index contributed by atoms with van der Waals surface area (Å²) in [5, 5.41) is 7.21. The number of ether oxygens (including phenoxy) is 3. The Kier molecular flexibility index (Phi) is 7.64. The van der Waals surface area contributed by atoms with Crippen LogP contribution in [0.4, 0.5) is 5.13 Å². The number of aromatic nitrogens is 1. The zero-order valence-corrected chi connectivity index (χ0v) is 18.0. The first kappa shape index (κ1) is 21.6. The number of halogens is 1. The lowest BCUT2D eigenvalue weighted by Crippen LogP contribution is -2.15. The van der Waals surface area contributed by atoms with E-state index < -0.39 is 5.97 Å². The van der Waals surface area contributed by atoms with Crippen molar-refractivity contribution in [3.8, 4) is 22.8 Å². The lowest BCUT2D eigenvalue weighted by atomic mass is 10.2. The van der Waals surface area contributed by atoms with E-state index in [1.165, 1.54) is 18.4 Å². The Bertz CT molecular complexity index is 1020. The van der Waals surface area contributed by atoms with Crippen LogP contribution in [-0.4, -0.2) is 37.5 Å². The molecule has 0 aliphatic rings. The van der Waals surface area contributed by atoms with Gasteiger partial charge in [-0.15, -0.1) is 11.3 Å². The lowest BCUT2D eigenvalue weighted by molar-refractivity contribution is -0.145. The summed E-state index contributed by atoms with van der Waals surface area (Å²) in [6.45, 7) is 1.78. The summed E-state index contributed by atoms with van der Waals surface area (Å²) in [7, 11) is 1.50. The predicted molar refractivity (Wildman–Crippen MR) is 119 cm³/mol. The molecule has 9 heteroatoms. The van der Waals surface area contributed by atoms with E-state index in [9.17, 15) is 4.79 Å². The highest BCUT2D eigenvalue weighted by Crippen LogP contribution is 2.33. The number of nitrogens with one attached hydrogen (secondary N) is 1. The van der Waals surface area contributed by atoms with Crippen molar-refractivity contribution in [2.45, 2.75) is 6.92 Å². The average Bonchev–Trinajstić information content (AvgIpc) is 3.23. The Hall–Kier alpha value is -3.10. The van der Waals surface area contributed by atoms with Gasteiger partial charge in [-0.1, -0.05) is 41.9 Å². The van der Waals surface area contributed by atoms with Crippen molar-refractivity contribution >= 4 is 40.3 Å². The monoisotopic (exact) mass is 445 g/mol. The summed E-state index contributed by atoms with van der Waals surface area (Å²) in [5.74, 6) is 0.294. The van der Waals surface area contributed by atoms with Crippen LogP contribution in [0, 0.1) is 0 Å². The minimum atomic E-state index is -0.469. The van der Waals surface area contributed by atoms with Crippen LogP contribution >= 0.6 is 22.9 Å². The van der Waals surface area contributed by atoms with Gasteiger partial charge in [0.25, 0.3) is 0 Å². The Morgan fingerprint density at radius 1 is 1.27 bits per heavy atom. The van der Waals surface area contributed by atoms with Crippen molar-refractivity contribution in [2.24, 2.45) is 5.10 Å². The van der Waals surface area contributed by atoms with Gasteiger partial charge < -0.3 is 14.2 Å². The average molecular weight is 446 g/mol. The summed E-state index contributed by atoms with van der Waals surface area (Å²) in [4.78, 5) is 16.0. The van der Waals surface area contributed by atoms with Crippen LogP contribution in [0.5, 0.6) is 11.5 Å². The van der Waals surface area contributed by atoms with Gasteiger partial charge in [-0.3, -0.25) is 5.43 Å². The molecule has 0 aliphatic heterocycles. The van der Waals surface area contributed by atoms with Crippen LogP contribution in [0.3, 0.4) is 0 Å². The Morgan fingerprint density at radius 3 is 2.80 bits per heavy atom. The first-order valence-electron chi connectivity index (χ1n) is 9.06. The van der Waals surface area contributed by atoms with Crippen LogP contribution < -0.4 is 14.9 Å². The maximum atomic E-state index is 11.5. The third kappa shape index (κ3) is 5.71. The fourth-order valence-corrected chi connectivity index (χ4v) is 3.36. The molecule has 2 aromatic carbocycles. The second-order valence-electron chi connectivity index (χ2n) is 5.89. The number of thiazole rings is 1. The second kappa shape index (κ2) is 10.6. The number of nitrogens with zero attached hydrogens (tertiary/aromatic N) is 2. The van der Waals surface area contributed by atoms with Crippen molar-refractivity contribution in [1.82, 2.24) is 4.98 Å². The van der Waals surface area contributed by atoms with Gasteiger partial charge in [-0.05, 0) is 13.0 Å². The van der Waals surface area contributed by atoms with Crippen LogP contribution in [0.2, 0.25) is 5.02 Å². The van der Waals surface area contributed by atoms with Gasteiger partial charge in [0, 0.05) is 22.6 Å². The van der Waals surface area contributed by atoms with Gasteiger partial charge in [-0.25, -0.2) is 9.78 Å². The molecular weight excluding hydrogens is 426 g/mol. The summed E-state index contributed by atoms with van der Waals surface area (Å²) < 4.78 is 15.6. The second-order valence-corrected chi connectivity index (χ2v) is 7.16. The van der Waals surface area contributed by atoms with Gasteiger partial charge in [0.1, 0.15) is 0 Å². The number of hydrazone groups is 1. The number of rotatable bonds is 9. The topological polar surface area (TPSA) is 82.0 Å².